The molecule has 1 aliphatic rings. The average molecular weight is 733 g/mol. The van der Waals surface area contributed by atoms with Gasteiger partial charge in [0.2, 0.25) is 0 Å². The predicted octanol–water partition coefficient (Wildman–Crippen LogP) is 12.7. The lowest BCUT2D eigenvalue weighted by atomic mass is 10.0. The van der Waals surface area contributed by atoms with Gasteiger partial charge in [0.15, 0.2) is 5.84 Å². The lowest BCUT2D eigenvalue weighted by Crippen LogP contribution is -2.33. The molecule has 57 heavy (non-hydrogen) atoms. The fourth-order valence-corrected chi connectivity index (χ4v) is 8.65. The highest BCUT2D eigenvalue weighted by Crippen LogP contribution is 2.39. The maximum atomic E-state index is 6.69. The van der Waals surface area contributed by atoms with Gasteiger partial charge in [-0.3, -0.25) is 0 Å². The van der Waals surface area contributed by atoms with E-state index in [0.717, 1.165) is 77.3 Å². The molecular weight excluding hydrogens is 701 g/mol. The second kappa shape index (κ2) is 12.4. The Balaban J connectivity index is 1.02. The molecule has 1 atom stereocenters. The summed E-state index contributed by atoms with van der Waals surface area (Å²) in [4.78, 5) is 10.5. The van der Waals surface area contributed by atoms with E-state index in [4.69, 9.17) is 18.8 Å². The van der Waals surface area contributed by atoms with E-state index in [1.54, 1.807) is 0 Å². The Morgan fingerprint density at radius 3 is 2.09 bits per heavy atom. The number of fused-ring (bicyclic) bond motifs is 9. The summed E-state index contributed by atoms with van der Waals surface area (Å²) in [6.07, 6.45) is -0.369. The zero-order valence-electron chi connectivity index (χ0n) is 30.6. The number of hydrogen-bond acceptors (Lipinski definition) is 5. The summed E-state index contributed by atoms with van der Waals surface area (Å²) in [6, 6.07) is 63.3. The van der Waals surface area contributed by atoms with Gasteiger partial charge in [-0.2, -0.15) is 0 Å². The Hall–Kier alpha value is -7.70. The first-order valence-electron chi connectivity index (χ1n) is 19.2. The average Bonchev–Trinajstić information content (AvgIpc) is 3.96. The van der Waals surface area contributed by atoms with Crippen molar-refractivity contribution in [1.29, 1.82) is 0 Å². The van der Waals surface area contributed by atoms with Gasteiger partial charge in [-0.1, -0.05) is 127 Å². The number of para-hydroxylation sites is 3. The fourth-order valence-electron chi connectivity index (χ4n) is 8.65. The smallest absolute Gasteiger partial charge is 0.160 e. The number of rotatable bonds is 5. The van der Waals surface area contributed by atoms with Crippen molar-refractivity contribution in [2.75, 3.05) is 0 Å². The second-order valence-corrected chi connectivity index (χ2v) is 14.6. The molecular formula is C51H32N4O2. The molecule has 8 aromatic carbocycles. The summed E-state index contributed by atoms with van der Waals surface area (Å²) >= 11 is 0. The Kier molecular flexibility index (Phi) is 6.89. The largest absolute Gasteiger partial charge is 0.456 e. The van der Waals surface area contributed by atoms with Gasteiger partial charge in [-0.15, -0.1) is 0 Å². The van der Waals surface area contributed by atoms with Gasteiger partial charge in [-0.25, -0.2) is 9.98 Å². The van der Waals surface area contributed by atoms with Crippen molar-refractivity contribution in [3.05, 3.63) is 199 Å². The van der Waals surface area contributed by atoms with Crippen molar-refractivity contribution in [2.45, 2.75) is 6.17 Å². The standard InChI is InChI=1S/C51H32N4O2/c1-3-13-31(14-4-1)33-25-28-43-41(29-33)35-17-7-9-22-42(35)55(43)34-26-27-38-46(30-34)56-45-24-12-20-39(47(38)45)50-52-49(32-15-5-2-6-16-32)53-51(54-50)40-21-11-19-37-36-18-8-10-23-44(36)57-48(37)40/h1-30,49H,(H,52,53,54). The van der Waals surface area contributed by atoms with Crippen LogP contribution >= 0.6 is 0 Å². The predicted molar refractivity (Wildman–Crippen MR) is 233 cm³/mol. The molecule has 0 saturated heterocycles. The van der Waals surface area contributed by atoms with E-state index in [0.29, 0.717) is 11.7 Å². The fraction of sp³-hybridized carbons (Fsp3) is 0.0196. The molecule has 0 aliphatic carbocycles. The molecule has 268 valence electrons. The molecule has 0 bridgehead atoms. The quantitative estimate of drug-likeness (QED) is 0.192. The zero-order valence-corrected chi connectivity index (χ0v) is 30.6. The maximum absolute atomic E-state index is 6.69. The molecule has 6 nitrogen and oxygen atoms in total. The molecule has 0 spiro atoms. The second-order valence-electron chi connectivity index (χ2n) is 14.6. The van der Waals surface area contributed by atoms with Crippen LogP contribution in [0.2, 0.25) is 0 Å². The molecule has 0 saturated carbocycles. The normalized spacial score (nSPS) is 14.5. The van der Waals surface area contributed by atoms with Gasteiger partial charge in [0, 0.05) is 49.6 Å². The number of amidine groups is 2. The van der Waals surface area contributed by atoms with Gasteiger partial charge >= 0.3 is 0 Å². The summed E-state index contributed by atoms with van der Waals surface area (Å²) in [7, 11) is 0. The van der Waals surface area contributed by atoms with Crippen LogP contribution < -0.4 is 5.32 Å². The molecule has 1 N–H and O–H groups in total. The van der Waals surface area contributed by atoms with Crippen LogP contribution in [-0.4, -0.2) is 16.2 Å². The van der Waals surface area contributed by atoms with Crippen LogP contribution in [0.3, 0.4) is 0 Å². The van der Waals surface area contributed by atoms with E-state index in [9.17, 15) is 0 Å². The number of benzene rings is 8. The summed E-state index contributed by atoms with van der Waals surface area (Å²) in [6.45, 7) is 0. The molecule has 0 radical (unpaired) electrons. The van der Waals surface area contributed by atoms with E-state index >= 15 is 0 Å². The number of furan rings is 2. The van der Waals surface area contributed by atoms with Gasteiger partial charge in [0.1, 0.15) is 34.3 Å². The minimum absolute atomic E-state index is 0.369. The van der Waals surface area contributed by atoms with Crippen molar-refractivity contribution in [1.82, 2.24) is 9.88 Å². The number of aromatic nitrogens is 1. The zero-order chi connectivity index (χ0) is 37.5. The lowest BCUT2D eigenvalue weighted by molar-refractivity contribution is 0.659. The first-order valence-corrected chi connectivity index (χ1v) is 19.2. The Bertz CT molecular complexity index is 3440. The molecule has 4 heterocycles. The summed E-state index contributed by atoms with van der Waals surface area (Å²) in [5.74, 6) is 1.33. The maximum Gasteiger partial charge on any atom is 0.160 e. The van der Waals surface area contributed by atoms with Gasteiger partial charge in [0.25, 0.3) is 0 Å². The van der Waals surface area contributed by atoms with E-state index in [1.165, 1.54) is 21.9 Å². The lowest BCUT2D eigenvalue weighted by Gasteiger charge is -2.24. The molecule has 0 fully saturated rings. The summed E-state index contributed by atoms with van der Waals surface area (Å²) in [5, 5.41) is 10.2. The van der Waals surface area contributed by atoms with E-state index < -0.39 is 0 Å². The Morgan fingerprint density at radius 2 is 1.19 bits per heavy atom. The highest BCUT2D eigenvalue weighted by molar-refractivity contribution is 6.24. The number of aliphatic imine (C=N–C) groups is 2. The third-order valence-corrected chi connectivity index (χ3v) is 11.3. The van der Waals surface area contributed by atoms with Crippen LogP contribution in [0.25, 0.3) is 82.5 Å². The molecule has 0 amide bonds. The number of nitrogens with one attached hydrogen (secondary N) is 1. The van der Waals surface area contributed by atoms with Gasteiger partial charge < -0.3 is 18.7 Å². The number of hydrogen-bond donors (Lipinski definition) is 1. The molecule has 1 aliphatic heterocycles. The van der Waals surface area contributed by atoms with Crippen molar-refractivity contribution in [3.8, 4) is 16.8 Å². The monoisotopic (exact) mass is 732 g/mol. The van der Waals surface area contributed by atoms with Gasteiger partial charge in [-0.05, 0) is 65.2 Å². The van der Waals surface area contributed by atoms with E-state index in [-0.39, 0.29) is 6.17 Å². The molecule has 12 rings (SSSR count). The van der Waals surface area contributed by atoms with Crippen LogP contribution in [0.15, 0.2) is 201 Å². The SMILES string of the molecule is c1ccc(-c2ccc3c(c2)c2ccccc2n3-c2ccc3c(c2)oc2cccc(C4=NC(c5ccccc5)NC(c5cccc6c5oc5ccccc56)=N4)c23)cc1. The van der Waals surface area contributed by atoms with E-state index in [1.807, 2.05) is 48.5 Å². The topological polar surface area (TPSA) is 68.0 Å². The third kappa shape index (κ3) is 4.97. The summed E-state index contributed by atoms with van der Waals surface area (Å²) in [5.41, 5.74) is 11.8. The van der Waals surface area contributed by atoms with Crippen LogP contribution in [0.5, 0.6) is 0 Å². The highest BCUT2D eigenvalue weighted by atomic mass is 16.3. The Labute approximate surface area is 326 Å². The molecule has 6 heteroatoms. The molecule has 11 aromatic rings. The van der Waals surface area contributed by atoms with Crippen LogP contribution in [0.1, 0.15) is 22.9 Å². The first kappa shape index (κ1) is 31.6. The number of nitrogens with zero attached hydrogens (tertiary/aromatic N) is 3. The first-order chi connectivity index (χ1) is 28.2. The van der Waals surface area contributed by atoms with Crippen molar-refractivity contribution >= 4 is 77.4 Å². The molecule has 3 aromatic heterocycles. The van der Waals surface area contributed by atoms with Gasteiger partial charge in [0.05, 0.1) is 16.6 Å². The van der Waals surface area contributed by atoms with Crippen LogP contribution in [-0.2, 0) is 0 Å². The van der Waals surface area contributed by atoms with Crippen LogP contribution in [0.4, 0.5) is 0 Å². The van der Waals surface area contributed by atoms with Crippen LogP contribution in [0, 0.1) is 0 Å². The summed E-state index contributed by atoms with van der Waals surface area (Å²) < 4.78 is 15.5. The molecule has 1 unspecified atom stereocenters. The Morgan fingerprint density at radius 1 is 0.474 bits per heavy atom. The highest BCUT2D eigenvalue weighted by Gasteiger charge is 2.26. The minimum Gasteiger partial charge on any atom is -0.456 e. The van der Waals surface area contributed by atoms with Crippen molar-refractivity contribution < 1.29 is 8.83 Å². The van der Waals surface area contributed by atoms with E-state index in [2.05, 4.69) is 143 Å². The van der Waals surface area contributed by atoms with Crippen molar-refractivity contribution in [2.24, 2.45) is 9.98 Å². The minimum atomic E-state index is -0.369. The van der Waals surface area contributed by atoms with Crippen molar-refractivity contribution in [3.63, 3.8) is 0 Å². The third-order valence-electron chi connectivity index (χ3n) is 11.3.